The van der Waals surface area contributed by atoms with E-state index < -0.39 is 0 Å². The lowest BCUT2D eigenvalue weighted by Gasteiger charge is -2.04. The highest BCUT2D eigenvalue weighted by atomic mass is 79.9. The molecule has 3 nitrogen and oxygen atoms in total. The fraction of sp³-hybridized carbons (Fsp3) is 0.571. The number of thiazole rings is 1. The van der Waals surface area contributed by atoms with Crippen molar-refractivity contribution < 1.29 is 0 Å². The molecule has 0 spiro atoms. The van der Waals surface area contributed by atoms with E-state index in [9.17, 15) is 0 Å². The lowest BCUT2D eigenvalue weighted by molar-refractivity contribution is 0.585. The predicted molar refractivity (Wildman–Crippen MR) is 56.1 cm³/mol. The second-order valence-electron chi connectivity index (χ2n) is 2.82. The standard InChI is InChI=1S/C7H12BrN3S/c1-4(3-9)2-5-6(8)12-7(10)11-5/h4H,2-3,9H2,1H3,(H2,10,11). The number of hydrogen-bond acceptors (Lipinski definition) is 4. The van der Waals surface area contributed by atoms with E-state index in [-0.39, 0.29) is 0 Å². The van der Waals surface area contributed by atoms with Crippen molar-refractivity contribution >= 4 is 32.4 Å². The molecule has 0 amide bonds. The molecule has 0 saturated heterocycles. The minimum absolute atomic E-state index is 0.461. The van der Waals surface area contributed by atoms with Crippen LogP contribution in [0.5, 0.6) is 0 Å². The number of nitrogen functional groups attached to an aromatic ring is 1. The van der Waals surface area contributed by atoms with Gasteiger partial charge in [-0.15, -0.1) is 0 Å². The van der Waals surface area contributed by atoms with Crippen molar-refractivity contribution in [3.05, 3.63) is 9.48 Å². The second-order valence-corrected chi connectivity index (χ2v) is 5.17. The van der Waals surface area contributed by atoms with Crippen LogP contribution in [-0.2, 0) is 6.42 Å². The highest BCUT2D eigenvalue weighted by molar-refractivity contribution is 9.11. The van der Waals surface area contributed by atoms with Crippen LogP contribution in [-0.4, -0.2) is 11.5 Å². The largest absolute Gasteiger partial charge is 0.375 e. The van der Waals surface area contributed by atoms with Crippen LogP contribution in [0.3, 0.4) is 0 Å². The average Bonchev–Trinajstić information content (AvgIpc) is 2.30. The van der Waals surface area contributed by atoms with Crippen LogP contribution in [0, 0.1) is 5.92 Å². The molecule has 0 fully saturated rings. The number of aromatic nitrogens is 1. The van der Waals surface area contributed by atoms with Crippen molar-refractivity contribution in [3.63, 3.8) is 0 Å². The number of halogens is 1. The number of nitrogens with zero attached hydrogens (tertiary/aromatic N) is 1. The lowest BCUT2D eigenvalue weighted by atomic mass is 10.1. The molecular weight excluding hydrogens is 238 g/mol. The zero-order chi connectivity index (χ0) is 9.14. The van der Waals surface area contributed by atoms with Gasteiger partial charge in [-0.05, 0) is 34.8 Å². The van der Waals surface area contributed by atoms with Gasteiger partial charge in [0.1, 0.15) is 0 Å². The van der Waals surface area contributed by atoms with Crippen molar-refractivity contribution in [2.45, 2.75) is 13.3 Å². The third kappa shape index (κ3) is 2.43. The van der Waals surface area contributed by atoms with E-state index in [1.54, 1.807) is 0 Å². The van der Waals surface area contributed by atoms with Gasteiger partial charge in [-0.2, -0.15) is 0 Å². The number of nitrogens with two attached hydrogens (primary N) is 2. The van der Waals surface area contributed by atoms with Gasteiger partial charge in [0, 0.05) is 0 Å². The predicted octanol–water partition coefficient (Wildman–Crippen LogP) is 1.63. The Kier molecular flexibility index (Phi) is 3.49. The van der Waals surface area contributed by atoms with Crippen molar-refractivity contribution in [1.82, 2.24) is 4.98 Å². The molecule has 68 valence electrons. The summed E-state index contributed by atoms with van der Waals surface area (Å²) in [5.74, 6) is 0.461. The van der Waals surface area contributed by atoms with E-state index in [0.717, 1.165) is 15.9 Å². The monoisotopic (exact) mass is 249 g/mol. The van der Waals surface area contributed by atoms with Crippen molar-refractivity contribution in [3.8, 4) is 0 Å². The zero-order valence-electron chi connectivity index (χ0n) is 6.88. The van der Waals surface area contributed by atoms with E-state index in [1.165, 1.54) is 11.3 Å². The third-order valence-corrected chi connectivity index (χ3v) is 3.27. The van der Waals surface area contributed by atoms with Gasteiger partial charge in [-0.1, -0.05) is 18.3 Å². The topological polar surface area (TPSA) is 64.9 Å². The van der Waals surface area contributed by atoms with E-state index in [0.29, 0.717) is 17.6 Å². The average molecular weight is 250 g/mol. The highest BCUT2D eigenvalue weighted by Gasteiger charge is 2.09. The molecule has 0 aliphatic carbocycles. The maximum absolute atomic E-state index is 5.54. The minimum Gasteiger partial charge on any atom is -0.375 e. The van der Waals surface area contributed by atoms with Crippen LogP contribution in [0.25, 0.3) is 0 Å². The number of anilines is 1. The van der Waals surface area contributed by atoms with Crippen LogP contribution in [0.2, 0.25) is 0 Å². The van der Waals surface area contributed by atoms with Gasteiger partial charge < -0.3 is 11.5 Å². The maximum Gasteiger partial charge on any atom is 0.181 e. The molecular formula is C7H12BrN3S. The summed E-state index contributed by atoms with van der Waals surface area (Å²) < 4.78 is 1.03. The maximum atomic E-state index is 5.54. The normalized spacial score (nSPS) is 13.2. The summed E-state index contributed by atoms with van der Waals surface area (Å²) in [6.45, 7) is 2.78. The molecule has 1 unspecified atom stereocenters. The molecule has 0 bridgehead atoms. The second kappa shape index (κ2) is 4.20. The molecule has 0 radical (unpaired) electrons. The van der Waals surface area contributed by atoms with Crippen LogP contribution >= 0.6 is 27.3 Å². The summed E-state index contributed by atoms with van der Waals surface area (Å²) >= 11 is 4.87. The van der Waals surface area contributed by atoms with Crippen LogP contribution < -0.4 is 11.5 Å². The smallest absolute Gasteiger partial charge is 0.181 e. The Morgan fingerprint density at radius 2 is 2.33 bits per heavy atom. The summed E-state index contributed by atoms with van der Waals surface area (Å²) in [5.41, 5.74) is 12.1. The first-order valence-corrected chi connectivity index (χ1v) is 5.35. The fourth-order valence-electron chi connectivity index (χ4n) is 0.890. The molecule has 4 N–H and O–H groups in total. The molecule has 0 aliphatic heterocycles. The quantitative estimate of drug-likeness (QED) is 0.856. The molecule has 1 aromatic heterocycles. The molecule has 1 heterocycles. The Hall–Kier alpha value is -0.130. The van der Waals surface area contributed by atoms with E-state index in [1.807, 2.05) is 0 Å². The molecule has 0 aromatic carbocycles. The first-order chi connectivity index (χ1) is 5.63. The molecule has 0 saturated carbocycles. The van der Waals surface area contributed by atoms with Crippen molar-refractivity contribution in [1.29, 1.82) is 0 Å². The molecule has 1 aromatic rings. The molecule has 5 heteroatoms. The van der Waals surface area contributed by atoms with Gasteiger partial charge >= 0.3 is 0 Å². The first-order valence-electron chi connectivity index (χ1n) is 3.74. The summed E-state index contributed by atoms with van der Waals surface area (Å²) in [6, 6.07) is 0. The van der Waals surface area contributed by atoms with E-state index in [4.69, 9.17) is 11.5 Å². The van der Waals surface area contributed by atoms with Gasteiger partial charge in [-0.3, -0.25) is 0 Å². The van der Waals surface area contributed by atoms with E-state index in [2.05, 4.69) is 27.8 Å². The number of rotatable bonds is 3. The summed E-state index contributed by atoms with van der Waals surface area (Å²) in [4.78, 5) is 4.19. The van der Waals surface area contributed by atoms with Crippen LogP contribution in [0.15, 0.2) is 3.79 Å². The van der Waals surface area contributed by atoms with Gasteiger partial charge in [-0.25, -0.2) is 4.98 Å². The van der Waals surface area contributed by atoms with Crippen molar-refractivity contribution in [2.75, 3.05) is 12.3 Å². The van der Waals surface area contributed by atoms with Gasteiger partial charge in [0.25, 0.3) is 0 Å². The third-order valence-electron chi connectivity index (χ3n) is 1.61. The Labute approximate surface area is 84.3 Å². The fourth-order valence-corrected chi connectivity index (χ4v) is 2.22. The Balaban J connectivity index is 2.68. The summed E-state index contributed by atoms with van der Waals surface area (Å²) in [5, 5.41) is 0.612. The molecule has 1 atom stereocenters. The Morgan fingerprint density at radius 3 is 2.75 bits per heavy atom. The lowest BCUT2D eigenvalue weighted by Crippen LogP contribution is -2.13. The highest BCUT2D eigenvalue weighted by Crippen LogP contribution is 2.27. The Morgan fingerprint density at radius 1 is 1.67 bits per heavy atom. The molecule has 0 aliphatic rings. The van der Waals surface area contributed by atoms with Gasteiger partial charge in [0.2, 0.25) is 0 Å². The van der Waals surface area contributed by atoms with Crippen LogP contribution in [0.1, 0.15) is 12.6 Å². The van der Waals surface area contributed by atoms with Gasteiger partial charge in [0.05, 0.1) is 9.48 Å². The zero-order valence-corrected chi connectivity index (χ0v) is 9.28. The minimum atomic E-state index is 0.461. The Bertz CT molecular complexity index is 261. The summed E-state index contributed by atoms with van der Waals surface area (Å²) in [6.07, 6.45) is 0.894. The summed E-state index contributed by atoms with van der Waals surface area (Å²) in [7, 11) is 0. The van der Waals surface area contributed by atoms with Crippen molar-refractivity contribution in [2.24, 2.45) is 11.7 Å². The van der Waals surface area contributed by atoms with Crippen LogP contribution in [0.4, 0.5) is 5.13 Å². The number of hydrogen-bond donors (Lipinski definition) is 2. The molecule has 1 rings (SSSR count). The molecule has 12 heavy (non-hydrogen) atoms. The van der Waals surface area contributed by atoms with Gasteiger partial charge in [0.15, 0.2) is 5.13 Å². The first kappa shape index (κ1) is 9.95. The SMILES string of the molecule is CC(CN)Cc1nc(N)sc1Br. The van der Waals surface area contributed by atoms with E-state index >= 15 is 0 Å².